The molecule has 0 radical (unpaired) electrons. The van der Waals surface area contributed by atoms with Gasteiger partial charge in [-0.25, -0.2) is 0 Å². The monoisotopic (exact) mass is 246 g/mol. The molecule has 0 unspecified atom stereocenters. The molecule has 0 aliphatic rings. The van der Waals surface area contributed by atoms with E-state index in [1.807, 2.05) is 36.4 Å². The van der Waals surface area contributed by atoms with Crippen LogP contribution in [0.2, 0.25) is 5.02 Å². The highest BCUT2D eigenvalue weighted by Crippen LogP contribution is 2.16. The second kappa shape index (κ2) is 5.74. The first kappa shape index (κ1) is 12.0. The zero-order valence-electron chi connectivity index (χ0n) is 9.82. The quantitative estimate of drug-likeness (QED) is 0.773. The van der Waals surface area contributed by atoms with E-state index in [4.69, 9.17) is 16.3 Å². The number of hydrogen-bond acceptors (Lipinski definition) is 1. The minimum absolute atomic E-state index is 0.574. The van der Waals surface area contributed by atoms with Crippen LogP contribution >= 0.6 is 11.6 Å². The Bertz CT molecular complexity index is 477. The standard InChI is InChI=1S/C15H15ClO/c1-2-12-4-3-5-15(10-12)17-11-13-6-8-14(16)9-7-13/h3-10H,2,11H2,1H3. The van der Waals surface area contributed by atoms with Crippen LogP contribution in [-0.2, 0) is 13.0 Å². The predicted octanol–water partition coefficient (Wildman–Crippen LogP) is 4.48. The number of benzene rings is 2. The number of aryl methyl sites for hydroxylation is 1. The molecule has 0 saturated carbocycles. The number of ether oxygens (including phenoxy) is 1. The summed E-state index contributed by atoms with van der Waals surface area (Å²) in [5.74, 6) is 0.916. The minimum Gasteiger partial charge on any atom is -0.489 e. The molecule has 1 nitrogen and oxygen atoms in total. The van der Waals surface area contributed by atoms with Crippen molar-refractivity contribution >= 4 is 11.6 Å². The molecule has 0 N–H and O–H groups in total. The van der Waals surface area contributed by atoms with Gasteiger partial charge in [0.25, 0.3) is 0 Å². The summed E-state index contributed by atoms with van der Waals surface area (Å²) < 4.78 is 5.73. The predicted molar refractivity (Wildman–Crippen MR) is 71.6 cm³/mol. The summed E-state index contributed by atoms with van der Waals surface area (Å²) in [4.78, 5) is 0. The molecule has 0 fully saturated rings. The molecule has 0 atom stereocenters. The molecule has 0 saturated heterocycles. The van der Waals surface area contributed by atoms with Crippen LogP contribution in [0.25, 0.3) is 0 Å². The van der Waals surface area contributed by atoms with Crippen molar-refractivity contribution in [1.82, 2.24) is 0 Å². The first-order valence-corrected chi connectivity index (χ1v) is 6.12. The third-order valence-electron chi connectivity index (χ3n) is 2.63. The van der Waals surface area contributed by atoms with Crippen molar-refractivity contribution in [3.63, 3.8) is 0 Å². The van der Waals surface area contributed by atoms with Gasteiger partial charge in [0.1, 0.15) is 12.4 Å². The van der Waals surface area contributed by atoms with Crippen molar-refractivity contribution in [2.75, 3.05) is 0 Å². The molecule has 0 aliphatic carbocycles. The Hall–Kier alpha value is -1.47. The SMILES string of the molecule is CCc1cccc(OCc2ccc(Cl)cc2)c1. The van der Waals surface area contributed by atoms with Gasteiger partial charge in [-0.3, -0.25) is 0 Å². The zero-order valence-corrected chi connectivity index (χ0v) is 10.6. The van der Waals surface area contributed by atoms with Gasteiger partial charge in [0, 0.05) is 5.02 Å². The molecule has 0 heterocycles. The highest BCUT2D eigenvalue weighted by Gasteiger charge is 1.97. The van der Waals surface area contributed by atoms with Gasteiger partial charge < -0.3 is 4.74 Å². The van der Waals surface area contributed by atoms with E-state index in [-0.39, 0.29) is 0 Å². The van der Waals surface area contributed by atoms with Gasteiger partial charge in [-0.2, -0.15) is 0 Å². The van der Waals surface area contributed by atoms with E-state index >= 15 is 0 Å². The van der Waals surface area contributed by atoms with Crippen LogP contribution in [0.4, 0.5) is 0 Å². The van der Waals surface area contributed by atoms with Crippen LogP contribution < -0.4 is 4.74 Å². The summed E-state index contributed by atoms with van der Waals surface area (Å²) in [5.41, 5.74) is 2.41. The summed E-state index contributed by atoms with van der Waals surface area (Å²) in [7, 11) is 0. The van der Waals surface area contributed by atoms with Crippen molar-refractivity contribution in [3.05, 3.63) is 64.7 Å². The lowest BCUT2D eigenvalue weighted by Gasteiger charge is -2.07. The maximum atomic E-state index is 5.83. The molecular weight excluding hydrogens is 232 g/mol. The first-order chi connectivity index (χ1) is 8.28. The molecule has 0 bridgehead atoms. The van der Waals surface area contributed by atoms with Gasteiger partial charge >= 0.3 is 0 Å². The number of halogens is 1. The van der Waals surface area contributed by atoms with E-state index in [0.717, 1.165) is 22.8 Å². The fraction of sp³-hybridized carbons (Fsp3) is 0.200. The summed E-state index contributed by atoms with van der Waals surface area (Å²) in [5, 5.41) is 0.752. The third-order valence-corrected chi connectivity index (χ3v) is 2.88. The average Bonchev–Trinajstić information content (AvgIpc) is 2.38. The van der Waals surface area contributed by atoms with E-state index in [1.54, 1.807) is 0 Å². The lowest BCUT2D eigenvalue weighted by Crippen LogP contribution is -1.95. The van der Waals surface area contributed by atoms with Gasteiger partial charge in [0.2, 0.25) is 0 Å². The average molecular weight is 247 g/mol. The molecule has 2 aromatic carbocycles. The molecule has 2 heteroatoms. The van der Waals surface area contributed by atoms with Crippen LogP contribution in [0, 0.1) is 0 Å². The van der Waals surface area contributed by atoms with E-state index in [1.165, 1.54) is 5.56 Å². The van der Waals surface area contributed by atoms with Crippen LogP contribution in [0.5, 0.6) is 5.75 Å². The van der Waals surface area contributed by atoms with Gasteiger partial charge in [-0.15, -0.1) is 0 Å². The smallest absolute Gasteiger partial charge is 0.120 e. The third kappa shape index (κ3) is 3.50. The molecule has 0 amide bonds. The molecule has 0 spiro atoms. The Morgan fingerprint density at radius 2 is 1.76 bits per heavy atom. The second-order valence-corrected chi connectivity index (χ2v) is 4.35. The molecule has 0 aromatic heterocycles. The Morgan fingerprint density at radius 3 is 2.47 bits per heavy atom. The molecule has 0 aliphatic heterocycles. The van der Waals surface area contributed by atoms with Crippen LogP contribution in [0.1, 0.15) is 18.1 Å². The van der Waals surface area contributed by atoms with Gasteiger partial charge in [-0.1, -0.05) is 42.8 Å². The maximum absolute atomic E-state index is 5.83. The van der Waals surface area contributed by atoms with E-state index < -0.39 is 0 Å². The molecule has 2 rings (SSSR count). The lowest BCUT2D eigenvalue weighted by molar-refractivity contribution is 0.306. The molecular formula is C15H15ClO. The van der Waals surface area contributed by atoms with E-state index in [2.05, 4.69) is 19.1 Å². The topological polar surface area (TPSA) is 9.23 Å². The van der Waals surface area contributed by atoms with Crippen molar-refractivity contribution in [2.24, 2.45) is 0 Å². The summed E-state index contributed by atoms with van der Waals surface area (Å²) in [6, 6.07) is 15.9. The summed E-state index contributed by atoms with van der Waals surface area (Å²) in [6.07, 6.45) is 1.03. The van der Waals surface area contributed by atoms with Crippen molar-refractivity contribution in [1.29, 1.82) is 0 Å². The van der Waals surface area contributed by atoms with Crippen LogP contribution in [0.3, 0.4) is 0 Å². The summed E-state index contributed by atoms with van der Waals surface area (Å²) >= 11 is 5.83. The van der Waals surface area contributed by atoms with Gasteiger partial charge in [0.15, 0.2) is 0 Å². The highest BCUT2D eigenvalue weighted by atomic mass is 35.5. The van der Waals surface area contributed by atoms with Gasteiger partial charge in [-0.05, 0) is 41.8 Å². The molecule has 2 aromatic rings. The van der Waals surface area contributed by atoms with E-state index in [9.17, 15) is 0 Å². The molecule has 88 valence electrons. The Kier molecular flexibility index (Phi) is 4.05. The fourth-order valence-corrected chi connectivity index (χ4v) is 1.73. The van der Waals surface area contributed by atoms with Crippen molar-refractivity contribution < 1.29 is 4.74 Å². The van der Waals surface area contributed by atoms with E-state index in [0.29, 0.717) is 6.61 Å². The number of rotatable bonds is 4. The second-order valence-electron chi connectivity index (χ2n) is 3.92. The largest absolute Gasteiger partial charge is 0.489 e. The number of hydrogen-bond donors (Lipinski definition) is 0. The lowest BCUT2D eigenvalue weighted by atomic mass is 10.2. The Morgan fingerprint density at radius 1 is 1.00 bits per heavy atom. The van der Waals surface area contributed by atoms with Gasteiger partial charge in [0.05, 0.1) is 0 Å². The summed E-state index contributed by atoms with van der Waals surface area (Å²) in [6.45, 7) is 2.71. The normalized spacial score (nSPS) is 10.2. The van der Waals surface area contributed by atoms with Crippen LogP contribution in [-0.4, -0.2) is 0 Å². The first-order valence-electron chi connectivity index (χ1n) is 5.74. The maximum Gasteiger partial charge on any atom is 0.120 e. The highest BCUT2D eigenvalue weighted by molar-refractivity contribution is 6.30. The Balaban J connectivity index is 1.99. The van der Waals surface area contributed by atoms with Crippen molar-refractivity contribution in [2.45, 2.75) is 20.0 Å². The fourth-order valence-electron chi connectivity index (χ4n) is 1.60. The zero-order chi connectivity index (χ0) is 12.1. The molecule has 17 heavy (non-hydrogen) atoms. The Labute approximate surface area is 107 Å². The van der Waals surface area contributed by atoms with Crippen LogP contribution in [0.15, 0.2) is 48.5 Å². The van der Waals surface area contributed by atoms with Crippen molar-refractivity contribution in [3.8, 4) is 5.75 Å². The minimum atomic E-state index is 0.574.